The summed E-state index contributed by atoms with van der Waals surface area (Å²) in [5.41, 5.74) is 0.909. The van der Waals surface area contributed by atoms with E-state index in [0.29, 0.717) is 29.9 Å². The van der Waals surface area contributed by atoms with Crippen LogP contribution < -0.4 is 0 Å². The molecule has 2 heterocycles. The fraction of sp³-hybridized carbons (Fsp3) is 0.333. The predicted octanol–water partition coefficient (Wildman–Crippen LogP) is 2.08. The number of hydrogen-bond donors (Lipinski definition) is 1. The maximum absolute atomic E-state index is 13.0. The lowest BCUT2D eigenvalue weighted by Crippen LogP contribution is -2.34. The summed E-state index contributed by atoms with van der Waals surface area (Å²) in [6.07, 6.45) is 1.42. The minimum absolute atomic E-state index is 0.0385. The number of aliphatic hydroxyl groups excluding tert-OH is 1. The molecule has 6 heteroatoms. The highest BCUT2D eigenvalue weighted by molar-refractivity contribution is 5.99. The number of amides is 1. The summed E-state index contributed by atoms with van der Waals surface area (Å²) in [4.78, 5) is 14.2. The van der Waals surface area contributed by atoms with Crippen LogP contribution in [0.2, 0.25) is 0 Å². The predicted molar refractivity (Wildman–Crippen MR) is 73.0 cm³/mol. The lowest BCUT2D eigenvalue weighted by Gasteiger charge is -2.20. The maximum Gasteiger partial charge on any atom is 0.259 e. The van der Waals surface area contributed by atoms with Crippen LogP contribution in [0.15, 0.2) is 35.0 Å². The Hall–Kier alpha value is -2.21. The Labute approximate surface area is 121 Å². The highest BCUT2D eigenvalue weighted by Crippen LogP contribution is 2.27. The average molecular weight is 290 g/mol. The van der Waals surface area contributed by atoms with Crippen LogP contribution in [0.1, 0.15) is 23.7 Å². The molecule has 1 amide bonds. The van der Waals surface area contributed by atoms with Crippen LogP contribution in [0.5, 0.6) is 0 Å². The summed E-state index contributed by atoms with van der Waals surface area (Å²) < 4.78 is 18.1. The Kier molecular flexibility index (Phi) is 3.47. The second-order valence-corrected chi connectivity index (χ2v) is 5.27. The summed E-state index contributed by atoms with van der Waals surface area (Å²) in [5, 5.41) is 13.3. The SMILES string of the molecule is CC1CC(O)CN1C(=O)c1cnoc1-c1ccc(F)cc1. The lowest BCUT2D eigenvalue weighted by molar-refractivity contribution is 0.0726. The first-order chi connectivity index (χ1) is 10.1. The van der Waals surface area contributed by atoms with Gasteiger partial charge in [0.2, 0.25) is 0 Å². The fourth-order valence-corrected chi connectivity index (χ4v) is 2.64. The Morgan fingerprint density at radius 3 is 2.76 bits per heavy atom. The molecule has 2 unspecified atom stereocenters. The molecule has 0 saturated carbocycles. The van der Waals surface area contributed by atoms with Crippen LogP contribution in [-0.4, -0.2) is 39.8 Å². The molecular weight excluding hydrogens is 275 g/mol. The largest absolute Gasteiger partial charge is 0.391 e. The first kappa shape index (κ1) is 13.8. The molecule has 0 bridgehead atoms. The van der Waals surface area contributed by atoms with Crippen molar-refractivity contribution in [3.63, 3.8) is 0 Å². The van der Waals surface area contributed by atoms with Crippen LogP contribution in [0.25, 0.3) is 11.3 Å². The number of benzene rings is 1. The number of β-amino-alcohol motifs (C(OH)–C–C–N with tert-alkyl or cyclic N) is 1. The van der Waals surface area contributed by atoms with Crippen molar-refractivity contribution in [1.29, 1.82) is 0 Å². The summed E-state index contributed by atoms with van der Waals surface area (Å²) in [6.45, 7) is 2.19. The monoisotopic (exact) mass is 290 g/mol. The molecule has 1 N–H and O–H groups in total. The van der Waals surface area contributed by atoms with E-state index in [0.717, 1.165) is 0 Å². The molecule has 21 heavy (non-hydrogen) atoms. The van der Waals surface area contributed by atoms with Crippen molar-refractivity contribution < 1.29 is 18.8 Å². The molecule has 3 rings (SSSR count). The van der Waals surface area contributed by atoms with Gasteiger partial charge in [-0.1, -0.05) is 5.16 Å². The van der Waals surface area contributed by atoms with Crippen molar-refractivity contribution in [2.24, 2.45) is 0 Å². The molecule has 1 aliphatic rings. The van der Waals surface area contributed by atoms with Gasteiger partial charge in [0.25, 0.3) is 5.91 Å². The maximum atomic E-state index is 13.0. The molecule has 0 aliphatic carbocycles. The van der Waals surface area contributed by atoms with E-state index in [1.54, 1.807) is 4.90 Å². The molecule has 0 spiro atoms. The van der Waals surface area contributed by atoms with E-state index < -0.39 is 6.10 Å². The number of nitrogens with zero attached hydrogens (tertiary/aromatic N) is 2. The van der Waals surface area contributed by atoms with Crippen LogP contribution in [0.4, 0.5) is 4.39 Å². The first-order valence-corrected chi connectivity index (χ1v) is 6.76. The second-order valence-electron chi connectivity index (χ2n) is 5.27. The van der Waals surface area contributed by atoms with Crippen molar-refractivity contribution in [1.82, 2.24) is 10.1 Å². The zero-order valence-corrected chi connectivity index (χ0v) is 11.5. The molecule has 5 nitrogen and oxygen atoms in total. The third kappa shape index (κ3) is 2.54. The summed E-state index contributed by atoms with van der Waals surface area (Å²) in [7, 11) is 0. The number of aliphatic hydroxyl groups is 1. The molecule has 0 radical (unpaired) electrons. The number of aromatic nitrogens is 1. The van der Waals surface area contributed by atoms with E-state index in [1.807, 2.05) is 6.92 Å². The smallest absolute Gasteiger partial charge is 0.259 e. The van der Waals surface area contributed by atoms with Gasteiger partial charge >= 0.3 is 0 Å². The first-order valence-electron chi connectivity index (χ1n) is 6.76. The van der Waals surface area contributed by atoms with Gasteiger partial charge in [-0.3, -0.25) is 4.79 Å². The van der Waals surface area contributed by atoms with E-state index in [4.69, 9.17) is 4.52 Å². The molecule has 1 fully saturated rings. The molecule has 110 valence electrons. The van der Waals surface area contributed by atoms with Gasteiger partial charge in [0.05, 0.1) is 12.3 Å². The number of carbonyl (C=O) groups excluding carboxylic acids is 1. The number of likely N-dealkylation sites (tertiary alicyclic amines) is 1. The third-order valence-electron chi connectivity index (χ3n) is 3.72. The van der Waals surface area contributed by atoms with Crippen LogP contribution in [0.3, 0.4) is 0 Å². The number of rotatable bonds is 2. The van der Waals surface area contributed by atoms with E-state index in [-0.39, 0.29) is 17.8 Å². The zero-order chi connectivity index (χ0) is 15.0. The molecule has 1 aromatic heterocycles. The van der Waals surface area contributed by atoms with Crippen molar-refractivity contribution in [3.8, 4) is 11.3 Å². The average Bonchev–Trinajstić information content (AvgIpc) is 3.05. The summed E-state index contributed by atoms with van der Waals surface area (Å²) in [5.74, 6) is -0.282. The Morgan fingerprint density at radius 2 is 2.14 bits per heavy atom. The van der Waals surface area contributed by atoms with Crippen molar-refractivity contribution in [2.45, 2.75) is 25.5 Å². The van der Waals surface area contributed by atoms with Crippen molar-refractivity contribution >= 4 is 5.91 Å². The van der Waals surface area contributed by atoms with Crippen LogP contribution >= 0.6 is 0 Å². The standard InChI is InChI=1S/C15H15FN2O3/c1-9-6-12(19)8-18(9)15(20)13-7-17-21-14(13)10-2-4-11(16)5-3-10/h2-5,7,9,12,19H,6,8H2,1H3. The number of carbonyl (C=O) groups is 1. The van der Waals surface area contributed by atoms with Gasteiger partial charge in [-0.2, -0.15) is 0 Å². The molecule has 1 aliphatic heterocycles. The van der Waals surface area contributed by atoms with Gasteiger partial charge in [0, 0.05) is 18.2 Å². The Morgan fingerprint density at radius 1 is 1.43 bits per heavy atom. The van der Waals surface area contributed by atoms with Crippen molar-refractivity contribution in [2.75, 3.05) is 6.54 Å². The molecule has 2 atom stereocenters. The van der Waals surface area contributed by atoms with E-state index in [1.165, 1.54) is 30.5 Å². The second kappa shape index (κ2) is 5.29. The lowest BCUT2D eigenvalue weighted by atomic mass is 10.1. The van der Waals surface area contributed by atoms with Crippen LogP contribution in [-0.2, 0) is 0 Å². The van der Waals surface area contributed by atoms with Gasteiger partial charge in [-0.15, -0.1) is 0 Å². The fourth-order valence-electron chi connectivity index (χ4n) is 2.64. The third-order valence-corrected chi connectivity index (χ3v) is 3.72. The molecule has 1 aromatic carbocycles. The van der Waals surface area contributed by atoms with Gasteiger partial charge in [-0.25, -0.2) is 4.39 Å². The minimum atomic E-state index is -0.502. The summed E-state index contributed by atoms with van der Waals surface area (Å²) >= 11 is 0. The van der Waals surface area contributed by atoms with E-state index >= 15 is 0 Å². The highest BCUT2D eigenvalue weighted by Gasteiger charge is 2.33. The van der Waals surface area contributed by atoms with E-state index in [9.17, 15) is 14.3 Å². The quantitative estimate of drug-likeness (QED) is 0.919. The molecule has 1 saturated heterocycles. The van der Waals surface area contributed by atoms with E-state index in [2.05, 4.69) is 5.16 Å². The highest BCUT2D eigenvalue weighted by atomic mass is 19.1. The topological polar surface area (TPSA) is 66.6 Å². The normalized spacial score (nSPS) is 21.8. The Bertz CT molecular complexity index is 653. The van der Waals surface area contributed by atoms with Gasteiger partial charge in [0.1, 0.15) is 11.4 Å². The van der Waals surface area contributed by atoms with Crippen molar-refractivity contribution in [3.05, 3.63) is 41.8 Å². The number of hydrogen-bond acceptors (Lipinski definition) is 4. The Balaban J connectivity index is 1.92. The van der Waals surface area contributed by atoms with Gasteiger partial charge in [0.15, 0.2) is 5.76 Å². The number of halogens is 1. The van der Waals surface area contributed by atoms with Gasteiger partial charge in [-0.05, 0) is 37.6 Å². The van der Waals surface area contributed by atoms with Crippen LogP contribution in [0, 0.1) is 5.82 Å². The molecular formula is C15H15FN2O3. The molecule has 2 aromatic rings. The zero-order valence-electron chi connectivity index (χ0n) is 11.5. The summed E-state index contributed by atoms with van der Waals surface area (Å²) in [6, 6.07) is 5.63. The van der Waals surface area contributed by atoms with Gasteiger partial charge < -0.3 is 14.5 Å². The minimum Gasteiger partial charge on any atom is -0.391 e.